The number of hydrogen-bond donors (Lipinski definition) is 0. The van der Waals surface area contributed by atoms with Crippen molar-refractivity contribution in [1.82, 2.24) is 14.1 Å². The summed E-state index contributed by atoms with van der Waals surface area (Å²) in [7, 11) is 0. The number of pyridine rings is 1. The lowest BCUT2D eigenvalue weighted by Gasteiger charge is -2.20. The molecule has 64 heavy (non-hydrogen) atoms. The number of nitrogens with zero attached hydrogens (tertiary/aromatic N) is 4. The SMILES string of the molecule is N#Cc1cc(-n2c3ccccc3c3ccc(-c4ccccc4-c4ccccc4)cc32)c(-n2c3ccccc3c3ccc(-c4ccccc4-c4ccccc4)cc32)cc1-c1ccncc1. The Morgan fingerprint density at radius 1 is 0.312 bits per heavy atom. The molecule has 4 heteroatoms. The van der Waals surface area contributed by atoms with E-state index in [0.717, 1.165) is 88.4 Å². The fourth-order valence-electron chi connectivity index (χ4n) is 9.80. The first kappa shape index (κ1) is 37.0. The summed E-state index contributed by atoms with van der Waals surface area (Å²) in [6, 6.07) is 80.4. The van der Waals surface area contributed by atoms with Gasteiger partial charge in [-0.2, -0.15) is 5.26 Å². The van der Waals surface area contributed by atoms with Gasteiger partial charge in [0.25, 0.3) is 0 Å². The summed E-state index contributed by atoms with van der Waals surface area (Å²) in [6.45, 7) is 0. The van der Waals surface area contributed by atoms with Gasteiger partial charge in [0.1, 0.15) is 0 Å². The minimum atomic E-state index is 0.583. The molecule has 12 aromatic rings. The smallest absolute Gasteiger partial charge is 0.0998 e. The molecule has 0 saturated carbocycles. The average molecular weight is 815 g/mol. The molecular weight excluding hydrogens is 777 g/mol. The molecule has 0 atom stereocenters. The van der Waals surface area contributed by atoms with Crippen LogP contribution in [0.25, 0.3) is 111 Å². The molecule has 0 N–H and O–H groups in total. The number of benzene rings is 9. The standard InChI is InChI=1S/C60H38N4/c61-39-45-37-59(63-55-25-13-11-23-50(55)52-29-27-43(35-57(52)63)48-21-9-7-19-46(48)40-15-3-1-4-16-40)60(38-54(45)42-31-33-62-34-32-42)64-56-26-14-12-24-51(56)53-30-28-44(36-58(53)64)49-22-10-8-20-47(49)41-17-5-2-6-18-41/h1-38H. The molecule has 0 amide bonds. The Bertz CT molecular complexity index is 3780. The van der Waals surface area contributed by atoms with E-state index in [-0.39, 0.29) is 0 Å². The molecule has 0 aliphatic heterocycles. The van der Waals surface area contributed by atoms with Crippen molar-refractivity contribution in [2.45, 2.75) is 0 Å². The summed E-state index contributed by atoms with van der Waals surface area (Å²) in [6.07, 6.45) is 3.59. The quantitative estimate of drug-likeness (QED) is 0.161. The van der Waals surface area contributed by atoms with Gasteiger partial charge in [-0.3, -0.25) is 4.98 Å². The van der Waals surface area contributed by atoms with Crippen LogP contribution in [0.15, 0.2) is 231 Å². The van der Waals surface area contributed by atoms with Crippen LogP contribution in [0, 0.1) is 11.3 Å². The third kappa shape index (κ3) is 6.02. The van der Waals surface area contributed by atoms with Crippen molar-refractivity contribution in [3.05, 3.63) is 236 Å². The normalized spacial score (nSPS) is 11.4. The second kappa shape index (κ2) is 15.3. The maximum absolute atomic E-state index is 11.0. The molecule has 298 valence electrons. The highest BCUT2D eigenvalue weighted by Crippen LogP contribution is 2.44. The first-order chi connectivity index (χ1) is 31.7. The van der Waals surface area contributed by atoms with Crippen LogP contribution in [0.5, 0.6) is 0 Å². The molecule has 3 heterocycles. The molecule has 0 saturated heterocycles. The third-order valence-electron chi connectivity index (χ3n) is 12.7. The lowest BCUT2D eigenvalue weighted by atomic mass is 9.94. The van der Waals surface area contributed by atoms with E-state index < -0.39 is 0 Å². The molecule has 0 spiro atoms. The van der Waals surface area contributed by atoms with Crippen molar-refractivity contribution < 1.29 is 0 Å². The van der Waals surface area contributed by atoms with Gasteiger partial charge in [0.15, 0.2) is 0 Å². The highest BCUT2D eigenvalue weighted by atomic mass is 15.1. The largest absolute Gasteiger partial charge is 0.307 e. The molecule has 0 fully saturated rings. The summed E-state index contributed by atoms with van der Waals surface area (Å²) >= 11 is 0. The molecular formula is C60H38N4. The first-order valence-corrected chi connectivity index (χ1v) is 21.6. The molecule has 0 unspecified atom stereocenters. The monoisotopic (exact) mass is 814 g/mol. The number of nitriles is 1. The van der Waals surface area contributed by atoms with E-state index in [9.17, 15) is 5.26 Å². The van der Waals surface area contributed by atoms with Crippen LogP contribution >= 0.6 is 0 Å². The van der Waals surface area contributed by atoms with E-state index in [0.29, 0.717) is 5.56 Å². The third-order valence-corrected chi connectivity index (χ3v) is 12.7. The lowest BCUT2D eigenvalue weighted by Crippen LogP contribution is -2.05. The van der Waals surface area contributed by atoms with E-state index in [4.69, 9.17) is 0 Å². The Kier molecular flexibility index (Phi) is 8.84. The van der Waals surface area contributed by atoms with Crippen LogP contribution < -0.4 is 0 Å². The Hall–Kier alpha value is -8.78. The van der Waals surface area contributed by atoms with E-state index in [1.807, 2.05) is 12.1 Å². The predicted octanol–water partition coefficient (Wildman–Crippen LogP) is 15.5. The van der Waals surface area contributed by atoms with Gasteiger partial charge >= 0.3 is 0 Å². The summed E-state index contributed by atoms with van der Waals surface area (Å²) in [4.78, 5) is 4.34. The van der Waals surface area contributed by atoms with Gasteiger partial charge in [-0.05, 0) is 98.6 Å². The zero-order chi connectivity index (χ0) is 42.6. The number of para-hydroxylation sites is 2. The molecule has 3 aromatic heterocycles. The van der Waals surface area contributed by atoms with Crippen LogP contribution in [0.1, 0.15) is 5.56 Å². The van der Waals surface area contributed by atoms with Crippen molar-refractivity contribution in [1.29, 1.82) is 5.26 Å². The predicted molar refractivity (Wildman–Crippen MR) is 265 cm³/mol. The van der Waals surface area contributed by atoms with Crippen molar-refractivity contribution >= 4 is 43.6 Å². The number of aromatic nitrogens is 3. The molecule has 12 rings (SSSR count). The summed E-state index contributed by atoms with van der Waals surface area (Å²) in [5.41, 5.74) is 17.8. The van der Waals surface area contributed by atoms with Gasteiger partial charge in [0.2, 0.25) is 0 Å². The van der Waals surface area contributed by atoms with Gasteiger partial charge in [-0.15, -0.1) is 0 Å². The zero-order valence-corrected chi connectivity index (χ0v) is 34.7. The minimum absolute atomic E-state index is 0.583. The number of fused-ring (bicyclic) bond motifs is 6. The zero-order valence-electron chi connectivity index (χ0n) is 34.7. The average Bonchev–Trinajstić information content (AvgIpc) is 3.88. The second-order valence-electron chi connectivity index (χ2n) is 16.2. The van der Waals surface area contributed by atoms with Gasteiger partial charge < -0.3 is 9.13 Å². The fraction of sp³-hybridized carbons (Fsp3) is 0. The van der Waals surface area contributed by atoms with Crippen LogP contribution in [0.3, 0.4) is 0 Å². The minimum Gasteiger partial charge on any atom is -0.307 e. The van der Waals surface area contributed by atoms with Crippen molar-refractivity contribution in [3.63, 3.8) is 0 Å². The molecule has 4 nitrogen and oxygen atoms in total. The first-order valence-electron chi connectivity index (χ1n) is 21.6. The maximum atomic E-state index is 11.0. The Morgan fingerprint density at radius 2 is 0.703 bits per heavy atom. The van der Waals surface area contributed by atoms with Gasteiger partial charge in [-0.1, -0.05) is 170 Å². The Balaban J connectivity index is 1.18. The Morgan fingerprint density at radius 3 is 1.19 bits per heavy atom. The summed E-state index contributed by atoms with van der Waals surface area (Å²) in [5.74, 6) is 0. The molecule has 0 bridgehead atoms. The van der Waals surface area contributed by atoms with E-state index in [1.165, 1.54) is 22.3 Å². The highest BCUT2D eigenvalue weighted by Gasteiger charge is 2.23. The molecule has 0 aliphatic carbocycles. The molecule has 9 aromatic carbocycles. The Labute approximate surface area is 370 Å². The number of hydrogen-bond acceptors (Lipinski definition) is 2. The summed E-state index contributed by atoms with van der Waals surface area (Å²) < 4.78 is 4.79. The van der Waals surface area contributed by atoms with Crippen molar-refractivity contribution in [3.8, 4) is 73.1 Å². The van der Waals surface area contributed by atoms with Crippen LogP contribution in [0.2, 0.25) is 0 Å². The van der Waals surface area contributed by atoms with E-state index >= 15 is 0 Å². The van der Waals surface area contributed by atoms with Gasteiger partial charge in [0, 0.05) is 39.5 Å². The van der Waals surface area contributed by atoms with Crippen LogP contribution in [-0.4, -0.2) is 14.1 Å². The van der Waals surface area contributed by atoms with Crippen molar-refractivity contribution in [2.75, 3.05) is 0 Å². The fourth-order valence-corrected chi connectivity index (χ4v) is 9.80. The van der Waals surface area contributed by atoms with E-state index in [1.54, 1.807) is 12.4 Å². The molecule has 0 aliphatic rings. The van der Waals surface area contributed by atoms with Gasteiger partial charge in [0.05, 0.1) is 45.1 Å². The van der Waals surface area contributed by atoms with Gasteiger partial charge in [-0.25, -0.2) is 0 Å². The second-order valence-corrected chi connectivity index (χ2v) is 16.2. The lowest BCUT2D eigenvalue weighted by molar-refractivity contribution is 1.09. The van der Waals surface area contributed by atoms with Crippen LogP contribution in [0.4, 0.5) is 0 Å². The molecule has 0 radical (unpaired) electrons. The van der Waals surface area contributed by atoms with E-state index in [2.05, 4.69) is 226 Å². The highest BCUT2D eigenvalue weighted by molar-refractivity contribution is 6.13. The topological polar surface area (TPSA) is 46.5 Å². The van der Waals surface area contributed by atoms with Crippen LogP contribution in [-0.2, 0) is 0 Å². The maximum Gasteiger partial charge on any atom is 0.0998 e. The number of rotatable bonds is 7. The van der Waals surface area contributed by atoms with Crippen molar-refractivity contribution in [2.24, 2.45) is 0 Å². The summed E-state index contributed by atoms with van der Waals surface area (Å²) in [5, 5.41) is 15.6.